The van der Waals surface area contributed by atoms with Gasteiger partial charge in [0.1, 0.15) is 23.6 Å². The van der Waals surface area contributed by atoms with Crippen LogP contribution in [0.25, 0.3) is 0 Å². The molecule has 5 rings (SSSR count). The van der Waals surface area contributed by atoms with Crippen molar-refractivity contribution in [3.05, 3.63) is 79.2 Å². The molecular formula is C27H20Cl3F5N4O4S. The summed E-state index contributed by atoms with van der Waals surface area (Å²) >= 11 is 18.4. The van der Waals surface area contributed by atoms with E-state index in [1.54, 1.807) is 6.07 Å². The number of urea groups is 1. The third kappa shape index (κ3) is 6.58. The number of amides is 3. The van der Waals surface area contributed by atoms with E-state index < -0.39 is 52.6 Å². The molecule has 3 heterocycles. The number of aromatic nitrogens is 1. The van der Waals surface area contributed by atoms with E-state index in [1.165, 1.54) is 29.2 Å². The first kappa shape index (κ1) is 32.2. The molecule has 0 radical (unpaired) electrons. The smallest absolute Gasteiger partial charge is 0.406 e. The zero-order chi connectivity index (χ0) is 32.1. The highest BCUT2D eigenvalue weighted by molar-refractivity contribution is 7.99. The quantitative estimate of drug-likeness (QED) is 0.210. The van der Waals surface area contributed by atoms with Gasteiger partial charge < -0.3 is 19.9 Å². The molecule has 2 aromatic carbocycles. The van der Waals surface area contributed by atoms with Gasteiger partial charge in [0.15, 0.2) is 0 Å². The van der Waals surface area contributed by atoms with Crippen LogP contribution >= 0.6 is 46.6 Å². The molecular weight excluding hydrogens is 678 g/mol. The number of phenolic OH excluding ortho intramolecular Hbond substituents is 1. The summed E-state index contributed by atoms with van der Waals surface area (Å²) in [5.74, 6) is -1.25. The maximum absolute atomic E-state index is 14.0. The number of pyridine rings is 1. The van der Waals surface area contributed by atoms with E-state index in [4.69, 9.17) is 34.8 Å². The lowest BCUT2D eigenvalue weighted by Gasteiger charge is -2.36. The van der Waals surface area contributed by atoms with E-state index in [0.717, 1.165) is 22.7 Å². The van der Waals surface area contributed by atoms with Gasteiger partial charge in [-0.25, -0.2) is 4.79 Å². The number of aromatic amines is 1. The number of nitrogens with zero attached hydrogens (tertiary/aromatic N) is 3. The van der Waals surface area contributed by atoms with E-state index in [0.29, 0.717) is 16.0 Å². The minimum Gasteiger partial charge on any atom is -0.506 e. The number of alkyl halides is 6. The van der Waals surface area contributed by atoms with Crippen molar-refractivity contribution < 1.29 is 36.6 Å². The van der Waals surface area contributed by atoms with Gasteiger partial charge >= 0.3 is 17.6 Å². The largest absolute Gasteiger partial charge is 0.506 e. The maximum Gasteiger partial charge on any atom is 0.406 e. The average Bonchev–Trinajstić information content (AvgIpc) is 3.33. The van der Waals surface area contributed by atoms with Crippen molar-refractivity contribution in [2.45, 2.75) is 40.9 Å². The maximum atomic E-state index is 14.0. The molecule has 1 aromatic heterocycles. The molecule has 0 saturated carbocycles. The Balaban J connectivity index is 1.46. The third-order valence-corrected chi connectivity index (χ3v) is 9.17. The van der Waals surface area contributed by atoms with Gasteiger partial charge in [-0.1, -0.05) is 41.0 Å². The molecule has 1 saturated heterocycles. The van der Waals surface area contributed by atoms with Gasteiger partial charge in [-0.3, -0.25) is 14.5 Å². The Bertz CT molecular complexity index is 1700. The number of H-pyrrole nitrogens is 1. The summed E-state index contributed by atoms with van der Waals surface area (Å²) in [4.78, 5) is 44.5. The second-order valence-electron chi connectivity index (χ2n) is 10.00. The average molecular weight is 698 g/mol. The SMILES string of the molecule is O=C(c1c(Sc2c(Cl)cccc2Cl)cc(C(F)(F)Cl)[nH]c1=O)N1Cc2cc(O)c(N3CCCN(CC(F)(F)F)C3=O)cc2C1. The highest BCUT2D eigenvalue weighted by Crippen LogP contribution is 2.42. The summed E-state index contributed by atoms with van der Waals surface area (Å²) in [5.41, 5.74) is -1.75. The Hall–Kier alpha value is -3.20. The second kappa shape index (κ2) is 12.0. The fourth-order valence-corrected chi connectivity index (χ4v) is 6.71. The fraction of sp³-hybridized carbons (Fsp3) is 0.296. The third-order valence-electron chi connectivity index (χ3n) is 6.93. The van der Waals surface area contributed by atoms with Gasteiger partial charge in [0.2, 0.25) is 0 Å². The van der Waals surface area contributed by atoms with Crippen molar-refractivity contribution in [1.29, 1.82) is 0 Å². The van der Waals surface area contributed by atoms with Crippen LogP contribution in [0.1, 0.15) is 33.6 Å². The summed E-state index contributed by atoms with van der Waals surface area (Å²) in [5, 5.41) is 7.01. The number of carbonyl (C=O) groups is 2. The van der Waals surface area contributed by atoms with Gasteiger partial charge in [0, 0.05) is 36.0 Å². The number of rotatable bonds is 6. The van der Waals surface area contributed by atoms with Crippen molar-refractivity contribution in [3.8, 4) is 5.75 Å². The number of hydrogen-bond donors (Lipinski definition) is 2. The molecule has 3 aromatic rings. The molecule has 2 N–H and O–H groups in total. The van der Waals surface area contributed by atoms with Gasteiger partial charge in [0.25, 0.3) is 11.5 Å². The number of carbonyl (C=O) groups excluding carboxylic acids is 2. The zero-order valence-electron chi connectivity index (χ0n) is 22.2. The van der Waals surface area contributed by atoms with Crippen molar-refractivity contribution in [3.63, 3.8) is 0 Å². The first-order chi connectivity index (χ1) is 20.5. The van der Waals surface area contributed by atoms with Crippen LogP contribution in [0.3, 0.4) is 0 Å². The predicted octanol–water partition coefficient (Wildman–Crippen LogP) is 7.18. The molecule has 1 fully saturated rings. The summed E-state index contributed by atoms with van der Waals surface area (Å²) in [7, 11) is 0. The molecule has 234 valence electrons. The van der Waals surface area contributed by atoms with Crippen LogP contribution in [0.5, 0.6) is 5.75 Å². The number of aromatic hydroxyl groups is 1. The normalized spacial score (nSPS) is 15.6. The minimum absolute atomic E-state index is 0.0360. The first-order valence-corrected chi connectivity index (χ1v) is 14.7. The zero-order valence-corrected chi connectivity index (χ0v) is 25.2. The van der Waals surface area contributed by atoms with Gasteiger partial charge in [-0.05, 0) is 59.5 Å². The lowest BCUT2D eigenvalue weighted by Crippen LogP contribution is -2.52. The molecule has 44 heavy (non-hydrogen) atoms. The summed E-state index contributed by atoms with van der Waals surface area (Å²) in [6.45, 7) is -1.73. The molecule has 0 spiro atoms. The number of anilines is 1. The number of phenols is 1. The highest BCUT2D eigenvalue weighted by Gasteiger charge is 2.39. The van der Waals surface area contributed by atoms with E-state index >= 15 is 0 Å². The van der Waals surface area contributed by atoms with Crippen molar-refractivity contribution in [1.82, 2.24) is 14.8 Å². The molecule has 2 aliphatic heterocycles. The Morgan fingerprint density at radius 1 is 1.00 bits per heavy atom. The molecule has 0 aliphatic carbocycles. The molecule has 0 atom stereocenters. The number of halogens is 8. The molecule has 8 nitrogen and oxygen atoms in total. The van der Waals surface area contributed by atoms with Crippen LogP contribution in [0.4, 0.5) is 32.4 Å². The van der Waals surface area contributed by atoms with E-state index in [-0.39, 0.29) is 58.1 Å². The number of fused-ring (bicyclic) bond motifs is 1. The predicted molar refractivity (Wildman–Crippen MR) is 154 cm³/mol. The van der Waals surface area contributed by atoms with Crippen molar-refractivity contribution in [2.24, 2.45) is 0 Å². The van der Waals surface area contributed by atoms with E-state index in [1.807, 2.05) is 4.98 Å². The Morgan fingerprint density at radius 2 is 1.64 bits per heavy atom. The van der Waals surface area contributed by atoms with Crippen molar-refractivity contribution in [2.75, 3.05) is 24.5 Å². The Morgan fingerprint density at radius 3 is 2.25 bits per heavy atom. The first-order valence-electron chi connectivity index (χ1n) is 12.8. The van der Waals surface area contributed by atoms with Gasteiger partial charge in [-0.15, -0.1) is 0 Å². The number of nitrogens with one attached hydrogen (secondary N) is 1. The lowest BCUT2D eigenvalue weighted by atomic mass is 10.1. The summed E-state index contributed by atoms with van der Waals surface area (Å²) < 4.78 is 67.0. The van der Waals surface area contributed by atoms with Crippen LogP contribution in [0, 0.1) is 0 Å². The molecule has 2 aliphatic rings. The molecule has 0 bridgehead atoms. The van der Waals surface area contributed by atoms with E-state index in [2.05, 4.69) is 0 Å². The van der Waals surface area contributed by atoms with Crippen molar-refractivity contribution >= 4 is 64.2 Å². The van der Waals surface area contributed by atoms with Crippen LogP contribution in [-0.2, 0) is 18.5 Å². The molecule has 0 unspecified atom stereocenters. The van der Waals surface area contributed by atoms with E-state index in [9.17, 15) is 41.4 Å². The monoisotopic (exact) mass is 696 g/mol. The van der Waals surface area contributed by atoms with Gasteiger partial charge in [0.05, 0.1) is 15.7 Å². The number of benzene rings is 2. The van der Waals surface area contributed by atoms with Gasteiger partial charge in [-0.2, -0.15) is 22.0 Å². The summed E-state index contributed by atoms with van der Waals surface area (Å²) in [6.07, 6.45) is -4.39. The molecule has 3 amide bonds. The van der Waals surface area contributed by atoms with Crippen LogP contribution in [0.15, 0.2) is 51.0 Å². The summed E-state index contributed by atoms with van der Waals surface area (Å²) in [6, 6.07) is 7.12. The highest BCUT2D eigenvalue weighted by atomic mass is 35.5. The Kier molecular flexibility index (Phi) is 8.75. The molecule has 17 heteroatoms. The standard InChI is InChI=1S/C27H20Cl3F5N4O4S/c28-15-3-1-4-16(29)22(15)44-19-9-20(27(30,34)35)36-23(41)21(19)24(42)38-10-13-7-17(18(40)8-14(13)11-38)39-6-2-5-37(25(39)43)12-26(31,32)33/h1,3-4,7-9,40H,2,5-6,10-12H2,(H,36,41). The van der Waals surface area contributed by atoms with Crippen LogP contribution < -0.4 is 10.5 Å². The Labute approximate surface area is 265 Å². The minimum atomic E-state index is -4.61. The fourth-order valence-electron chi connectivity index (χ4n) is 4.97. The van der Waals surface area contributed by atoms with Crippen LogP contribution in [-0.4, -0.2) is 57.6 Å². The van der Waals surface area contributed by atoms with Crippen LogP contribution in [0.2, 0.25) is 10.0 Å². The lowest BCUT2D eigenvalue weighted by molar-refractivity contribution is -0.140. The topological polar surface area (TPSA) is 96.9 Å². The number of hydrogen-bond acceptors (Lipinski definition) is 5. The second-order valence-corrected chi connectivity index (χ2v) is 12.3.